The van der Waals surface area contributed by atoms with E-state index in [1.807, 2.05) is 13.2 Å². The Labute approximate surface area is 97.2 Å². The third-order valence-electron chi connectivity index (χ3n) is 3.54. The lowest BCUT2D eigenvalue weighted by Crippen LogP contribution is -2.23. The van der Waals surface area contributed by atoms with Gasteiger partial charge in [0.2, 0.25) is 0 Å². The van der Waals surface area contributed by atoms with Crippen LogP contribution in [0.3, 0.4) is 0 Å². The fourth-order valence-electron chi connectivity index (χ4n) is 2.61. The maximum atomic E-state index is 6.12. The highest BCUT2D eigenvalue weighted by Crippen LogP contribution is 2.28. The molecule has 1 aromatic heterocycles. The van der Waals surface area contributed by atoms with Gasteiger partial charge in [-0.25, -0.2) is 0 Å². The van der Waals surface area contributed by atoms with Crippen LogP contribution in [0.15, 0.2) is 6.20 Å². The van der Waals surface area contributed by atoms with E-state index >= 15 is 0 Å². The minimum absolute atomic E-state index is 0.247. The van der Waals surface area contributed by atoms with Crippen molar-refractivity contribution >= 4 is 0 Å². The van der Waals surface area contributed by atoms with Crippen LogP contribution in [0.4, 0.5) is 0 Å². The Hall–Kier alpha value is -0.900. The highest BCUT2D eigenvalue weighted by atomic mass is 15.4. The first kappa shape index (κ1) is 11.6. The molecular weight excluding hydrogens is 200 g/mol. The lowest BCUT2D eigenvalue weighted by atomic mass is 9.97. The van der Waals surface area contributed by atoms with Crippen LogP contribution in [0.25, 0.3) is 0 Å². The first-order valence-electron chi connectivity index (χ1n) is 6.35. The number of hydrogen-bond acceptors (Lipinski definition) is 3. The smallest absolute Gasteiger partial charge is 0.0842 e. The highest BCUT2D eigenvalue weighted by molar-refractivity contribution is 4.95. The molecule has 1 aliphatic rings. The summed E-state index contributed by atoms with van der Waals surface area (Å²) >= 11 is 0. The molecule has 4 nitrogen and oxygen atoms in total. The maximum absolute atomic E-state index is 6.12. The molecule has 0 radical (unpaired) electrons. The average Bonchev–Trinajstić information content (AvgIpc) is 2.87. The van der Waals surface area contributed by atoms with Gasteiger partial charge in [-0.05, 0) is 18.8 Å². The quantitative estimate of drug-likeness (QED) is 0.824. The molecule has 1 unspecified atom stereocenters. The third kappa shape index (κ3) is 3.30. The van der Waals surface area contributed by atoms with E-state index in [1.165, 1.54) is 32.1 Å². The monoisotopic (exact) mass is 222 g/mol. The molecule has 1 saturated carbocycles. The van der Waals surface area contributed by atoms with Crippen molar-refractivity contribution in [3.8, 4) is 0 Å². The van der Waals surface area contributed by atoms with E-state index in [1.54, 1.807) is 4.68 Å². The van der Waals surface area contributed by atoms with Crippen molar-refractivity contribution in [2.75, 3.05) is 0 Å². The summed E-state index contributed by atoms with van der Waals surface area (Å²) < 4.78 is 1.74. The fraction of sp³-hybridized carbons (Fsp3) is 0.833. The lowest BCUT2D eigenvalue weighted by molar-refractivity contribution is 0.446. The summed E-state index contributed by atoms with van der Waals surface area (Å²) in [7, 11) is 1.89. The number of aryl methyl sites for hydroxylation is 1. The van der Waals surface area contributed by atoms with Gasteiger partial charge in [-0.2, -0.15) is 0 Å². The predicted octanol–water partition coefficient (Wildman–Crippen LogP) is 1.66. The first-order valence-corrected chi connectivity index (χ1v) is 6.35. The zero-order chi connectivity index (χ0) is 11.4. The number of rotatable bonds is 5. The maximum Gasteiger partial charge on any atom is 0.0842 e. The number of nitrogens with two attached hydrogens (primary N) is 1. The van der Waals surface area contributed by atoms with Crippen LogP contribution in [0.1, 0.15) is 44.2 Å². The summed E-state index contributed by atoms with van der Waals surface area (Å²) in [6.07, 6.45) is 10.9. The highest BCUT2D eigenvalue weighted by Gasteiger charge is 2.16. The van der Waals surface area contributed by atoms with Gasteiger partial charge in [0.25, 0.3) is 0 Å². The molecule has 1 aromatic rings. The number of hydrogen-bond donors (Lipinski definition) is 1. The Morgan fingerprint density at radius 2 is 2.25 bits per heavy atom. The molecule has 90 valence electrons. The van der Waals surface area contributed by atoms with Crippen LogP contribution in [-0.4, -0.2) is 21.0 Å². The molecule has 2 rings (SSSR count). The molecule has 0 spiro atoms. The van der Waals surface area contributed by atoms with Crippen molar-refractivity contribution < 1.29 is 0 Å². The van der Waals surface area contributed by atoms with Crippen molar-refractivity contribution in [3.05, 3.63) is 11.9 Å². The molecule has 2 N–H and O–H groups in total. The van der Waals surface area contributed by atoms with Crippen LogP contribution in [0, 0.1) is 5.92 Å². The largest absolute Gasteiger partial charge is 0.327 e. The normalized spacial score (nSPS) is 19.1. The minimum atomic E-state index is 0.247. The lowest BCUT2D eigenvalue weighted by Gasteiger charge is -2.13. The molecule has 1 fully saturated rings. The third-order valence-corrected chi connectivity index (χ3v) is 3.54. The predicted molar refractivity (Wildman–Crippen MR) is 63.9 cm³/mol. The Morgan fingerprint density at radius 3 is 2.88 bits per heavy atom. The molecule has 1 atom stereocenters. The summed E-state index contributed by atoms with van der Waals surface area (Å²) in [4.78, 5) is 0. The molecule has 1 aliphatic carbocycles. The van der Waals surface area contributed by atoms with Gasteiger partial charge in [-0.1, -0.05) is 30.9 Å². The van der Waals surface area contributed by atoms with E-state index in [0.717, 1.165) is 24.5 Å². The molecule has 0 bridgehead atoms. The SMILES string of the molecule is Cn1cc(CC(N)CCC2CCCC2)nn1. The van der Waals surface area contributed by atoms with Gasteiger partial charge >= 0.3 is 0 Å². The van der Waals surface area contributed by atoms with E-state index in [9.17, 15) is 0 Å². The Bertz CT molecular complexity index is 315. The fourth-order valence-corrected chi connectivity index (χ4v) is 2.61. The van der Waals surface area contributed by atoms with Gasteiger partial charge in [0.15, 0.2) is 0 Å². The molecule has 0 aromatic carbocycles. The molecule has 0 amide bonds. The van der Waals surface area contributed by atoms with Crippen LogP contribution in [0.2, 0.25) is 0 Å². The van der Waals surface area contributed by atoms with E-state index in [-0.39, 0.29) is 6.04 Å². The Kier molecular flexibility index (Phi) is 3.93. The van der Waals surface area contributed by atoms with Crippen molar-refractivity contribution in [1.29, 1.82) is 0 Å². The van der Waals surface area contributed by atoms with Crippen LogP contribution < -0.4 is 5.73 Å². The summed E-state index contributed by atoms with van der Waals surface area (Å²) in [6.45, 7) is 0. The topological polar surface area (TPSA) is 56.7 Å². The summed E-state index contributed by atoms with van der Waals surface area (Å²) in [5.74, 6) is 0.938. The van der Waals surface area contributed by atoms with Crippen molar-refractivity contribution in [3.63, 3.8) is 0 Å². The molecule has 0 aliphatic heterocycles. The van der Waals surface area contributed by atoms with E-state index in [0.29, 0.717) is 0 Å². The van der Waals surface area contributed by atoms with Gasteiger partial charge < -0.3 is 5.73 Å². The van der Waals surface area contributed by atoms with Gasteiger partial charge in [-0.3, -0.25) is 4.68 Å². The second kappa shape index (κ2) is 5.43. The molecular formula is C12H22N4. The van der Waals surface area contributed by atoms with Crippen molar-refractivity contribution in [2.24, 2.45) is 18.7 Å². The molecule has 4 heteroatoms. The minimum Gasteiger partial charge on any atom is -0.327 e. The van der Waals surface area contributed by atoms with Crippen molar-refractivity contribution in [2.45, 2.75) is 51.0 Å². The number of aromatic nitrogens is 3. The van der Waals surface area contributed by atoms with E-state index in [4.69, 9.17) is 5.73 Å². The van der Waals surface area contributed by atoms with Gasteiger partial charge in [0, 0.05) is 25.7 Å². The summed E-state index contributed by atoms with van der Waals surface area (Å²) in [6, 6.07) is 0.247. The summed E-state index contributed by atoms with van der Waals surface area (Å²) in [5, 5.41) is 7.99. The average molecular weight is 222 g/mol. The standard InChI is InChI=1S/C12H22N4/c1-16-9-12(14-15-16)8-11(13)7-6-10-4-2-3-5-10/h9-11H,2-8,13H2,1H3. The van der Waals surface area contributed by atoms with Crippen LogP contribution in [0.5, 0.6) is 0 Å². The Morgan fingerprint density at radius 1 is 1.50 bits per heavy atom. The van der Waals surface area contributed by atoms with Crippen molar-refractivity contribution in [1.82, 2.24) is 15.0 Å². The zero-order valence-corrected chi connectivity index (χ0v) is 10.1. The first-order chi connectivity index (χ1) is 7.74. The van der Waals surface area contributed by atoms with Gasteiger partial charge in [0.1, 0.15) is 0 Å². The zero-order valence-electron chi connectivity index (χ0n) is 10.1. The molecule has 1 heterocycles. The Balaban J connectivity index is 1.69. The van der Waals surface area contributed by atoms with E-state index in [2.05, 4.69) is 10.3 Å². The van der Waals surface area contributed by atoms with Gasteiger partial charge in [0.05, 0.1) is 5.69 Å². The summed E-state index contributed by atoms with van der Waals surface area (Å²) in [5.41, 5.74) is 7.13. The molecule has 0 saturated heterocycles. The molecule has 16 heavy (non-hydrogen) atoms. The second-order valence-electron chi connectivity index (χ2n) is 5.08. The second-order valence-corrected chi connectivity index (χ2v) is 5.08. The van der Waals surface area contributed by atoms with E-state index < -0.39 is 0 Å². The van der Waals surface area contributed by atoms with Crippen LogP contribution >= 0.6 is 0 Å². The van der Waals surface area contributed by atoms with Gasteiger partial charge in [-0.15, -0.1) is 5.10 Å². The van der Waals surface area contributed by atoms with Crippen LogP contribution in [-0.2, 0) is 13.5 Å². The number of nitrogens with zero attached hydrogens (tertiary/aromatic N) is 3.